The number of aryl methyl sites for hydroxylation is 2. The minimum atomic E-state index is -0.271. The number of ether oxygens (including phenoxy) is 2. The van der Waals surface area contributed by atoms with E-state index >= 15 is 0 Å². The highest BCUT2D eigenvalue weighted by Crippen LogP contribution is 2.27. The molecule has 1 aromatic heterocycles. The topological polar surface area (TPSA) is 82.4 Å². The molecule has 2 rings (SSSR count). The second-order valence-electron chi connectivity index (χ2n) is 5.75. The fraction of sp³-hybridized carbons (Fsp3) is 0.389. The van der Waals surface area contributed by atoms with Gasteiger partial charge in [-0.2, -0.15) is 0 Å². The van der Waals surface area contributed by atoms with Gasteiger partial charge < -0.3 is 14.8 Å². The summed E-state index contributed by atoms with van der Waals surface area (Å²) in [4.78, 5) is 28.1. The van der Waals surface area contributed by atoms with Crippen molar-refractivity contribution in [3.63, 3.8) is 0 Å². The predicted molar refractivity (Wildman–Crippen MR) is 94.2 cm³/mol. The van der Waals surface area contributed by atoms with Crippen molar-refractivity contribution in [2.45, 2.75) is 27.3 Å². The lowest BCUT2D eigenvalue weighted by atomic mass is 10.2. The molecule has 1 aromatic carbocycles. The van der Waals surface area contributed by atoms with Gasteiger partial charge in [0.15, 0.2) is 18.1 Å². The van der Waals surface area contributed by atoms with Gasteiger partial charge in [0.1, 0.15) is 0 Å². The summed E-state index contributed by atoms with van der Waals surface area (Å²) in [6.45, 7) is 6.02. The first-order valence-corrected chi connectivity index (χ1v) is 7.99. The van der Waals surface area contributed by atoms with Crippen molar-refractivity contribution in [1.82, 2.24) is 14.9 Å². The molecular weight excluding hydrogens is 322 g/mol. The first-order chi connectivity index (χ1) is 11.9. The molecule has 0 fully saturated rings. The molecular formula is C18H23N3O4. The molecule has 134 valence electrons. The molecule has 0 bridgehead atoms. The molecule has 0 unspecified atom stereocenters. The van der Waals surface area contributed by atoms with Gasteiger partial charge in [-0.3, -0.25) is 14.2 Å². The highest BCUT2D eigenvalue weighted by Gasteiger charge is 2.08. The summed E-state index contributed by atoms with van der Waals surface area (Å²) in [7, 11) is 1.55. The minimum absolute atomic E-state index is 0.0950. The average molecular weight is 345 g/mol. The van der Waals surface area contributed by atoms with Crippen LogP contribution in [0.2, 0.25) is 0 Å². The van der Waals surface area contributed by atoms with Crippen molar-refractivity contribution in [2.75, 3.05) is 20.3 Å². The molecule has 0 spiro atoms. The lowest BCUT2D eigenvalue weighted by Gasteiger charge is -2.12. The van der Waals surface area contributed by atoms with Crippen LogP contribution in [0.1, 0.15) is 16.8 Å². The van der Waals surface area contributed by atoms with Crippen molar-refractivity contribution >= 4 is 5.91 Å². The number of carbonyl (C=O) groups excluding carboxylic acids is 1. The molecule has 1 amide bonds. The van der Waals surface area contributed by atoms with Gasteiger partial charge in [0.25, 0.3) is 11.5 Å². The third kappa shape index (κ3) is 4.82. The zero-order valence-electron chi connectivity index (χ0n) is 15.0. The van der Waals surface area contributed by atoms with E-state index in [-0.39, 0.29) is 18.1 Å². The van der Waals surface area contributed by atoms with E-state index in [0.717, 1.165) is 5.56 Å². The number of benzene rings is 1. The van der Waals surface area contributed by atoms with Crippen molar-refractivity contribution in [3.05, 3.63) is 51.7 Å². The number of methoxy groups -OCH3 is 1. The first-order valence-electron chi connectivity index (χ1n) is 7.99. The van der Waals surface area contributed by atoms with Gasteiger partial charge in [-0.15, -0.1) is 0 Å². The zero-order chi connectivity index (χ0) is 18.4. The van der Waals surface area contributed by atoms with E-state index in [9.17, 15) is 9.59 Å². The molecule has 0 radical (unpaired) electrons. The van der Waals surface area contributed by atoms with E-state index in [1.54, 1.807) is 27.0 Å². The maximum Gasteiger partial charge on any atom is 0.258 e. The highest BCUT2D eigenvalue weighted by atomic mass is 16.5. The summed E-state index contributed by atoms with van der Waals surface area (Å²) in [5.41, 5.74) is 2.28. The normalized spacial score (nSPS) is 10.4. The largest absolute Gasteiger partial charge is 0.493 e. The molecule has 25 heavy (non-hydrogen) atoms. The summed E-state index contributed by atoms with van der Waals surface area (Å²) in [6.07, 6.45) is 1.49. The van der Waals surface area contributed by atoms with E-state index in [1.165, 1.54) is 10.9 Å². The molecule has 0 aliphatic rings. The standard InChI is InChI=1S/C18H23N3O4/c1-12-5-6-15(16(9-12)24-4)25-10-17(22)19-7-8-21-11-20-14(3)13(2)18(21)23/h5-6,9,11H,7-8,10H2,1-4H3,(H,19,22). The molecule has 0 saturated heterocycles. The number of nitrogens with one attached hydrogen (secondary N) is 1. The molecule has 0 atom stereocenters. The smallest absolute Gasteiger partial charge is 0.258 e. The maximum absolute atomic E-state index is 12.0. The molecule has 1 heterocycles. The molecule has 0 saturated carbocycles. The Morgan fingerprint density at radius 2 is 2.00 bits per heavy atom. The van der Waals surface area contributed by atoms with Crippen molar-refractivity contribution in [3.8, 4) is 11.5 Å². The SMILES string of the molecule is COc1cc(C)ccc1OCC(=O)NCCn1cnc(C)c(C)c1=O. The Balaban J connectivity index is 1.84. The van der Waals surface area contributed by atoms with Crippen LogP contribution in [0.5, 0.6) is 11.5 Å². The van der Waals surface area contributed by atoms with Crippen molar-refractivity contribution < 1.29 is 14.3 Å². The first kappa shape index (κ1) is 18.5. The molecule has 7 heteroatoms. The Bertz CT molecular complexity index is 814. The average Bonchev–Trinajstić information content (AvgIpc) is 2.60. The Labute approximate surface area is 146 Å². The number of nitrogens with zero attached hydrogens (tertiary/aromatic N) is 2. The van der Waals surface area contributed by atoms with E-state index in [0.29, 0.717) is 35.8 Å². The van der Waals surface area contributed by atoms with Crippen LogP contribution < -0.4 is 20.3 Å². The van der Waals surface area contributed by atoms with Gasteiger partial charge in [-0.25, -0.2) is 4.98 Å². The van der Waals surface area contributed by atoms with Gasteiger partial charge in [0, 0.05) is 24.3 Å². The van der Waals surface area contributed by atoms with Crippen molar-refractivity contribution in [2.24, 2.45) is 0 Å². The van der Waals surface area contributed by atoms with Crippen LogP contribution in [0, 0.1) is 20.8 Å². The summed E-state index contributed by atoms with van der Waals surface area (Å²) in [5, 5.41) is 2.72. The van der Waals surface area contributed by atoms with Gasteiger partial charge in [-0.05, 0) is 38.5 Å². The summed E-state index contributed by atoms with van der Waals surface area (Å²) < 4.78 is 12.2. The third-order valence-electron chi connectivity index (χ3n) is 3.87. The molecule has 2 aromatic rings. The van der Waals surface area contributed by atoms with Crippen LogP contribution in [-0.2, 0) is 11.3 Å². The number of hydrogen-bond acceptors (Lipinski definition) is 5. The van der Waals surface area contributed by atoms with Crippen LogP contribution in [0.25, 0.3) is 0 Å². The maximum atomic E-state index is 12.0. The van der Waals surface area contributed by atoms with Gasteiger partial charge in [0.2, 0.25) is 0 Å². The highest BCUT2D eigenvalue weighted by molar-refractivity contribution is 5.77. The Morgan fingerprint density at radius 1 is 1.24 bits per heavy atom. The number of hydrogen-bond donors (Lipinski definition) is 1. The quantitative estimate of drug-likeness (QED) is 0.820. The Hall–Kier alpha value is -2.83. The number of aromatic nitrogens is 2. The third-order valence-corrected chi connectivity index (χ3v) is 3.87. The van der Waals surface area contributed by atoms with E-state index in [4.69, 9.17) is 9.47 Å². The van der Waals surface area contributed by atoms with Crippen LogP contribution in [0.3, 0.4) is 0 Å². The summed E-state index contributed by atoms with van der Waals surface area (Å²) >= 11 is 0. The Morgan fingerprint density at radius 3 is 2.72 bits per heavy atom. The monoisotopic (exact) mass is 345 g/mol. The molecule has 7 nitrogen and oxygen atoms in total. The number of rotatable bonds is 7. The lowest BCUT2D eigenvalue weighted by molar-refractivity contribution is -0.123. The lowest BCUT2D eigenvalue weighted by Crippen LogP contribution is -2.34. The molecule has 1 N–H and O–H groups in total. The summed E-state index contributed by atoms with van der Waals surface area (Å²) in [5.74, 6) is 0.825. The number of amides is 1. The number of carbonyl (C=O) groups is 1. The fourth-order valence-corrected chi connectivity index (χ4v) is 2.24. The van der Waals surface area contributed by atoms with Gasteiger partial charge in [-0.1, -0.05) is 6.07 Å². The summed E-state index contributed by atoms with van der Waals surface area (Å²) in [6, 6.07) is 5.49. The predicted octanol–water partition coefficient (Wildman–Crippen LogP) is 1.37. The molecule has 0 aliphatic heterocycles. The fourth-order valence-electron chi connectivity index (χ4n) is 2.24. The van der Waals surface area contributed by atoms with Crippen LogP contribution in [0.4, 0.5) is 0 Å². The minimum Gasteiger partial charge on any atom is -0.493 e. The molecule has 0 aliphatic carbocycles. The van der Waals surface area contributed by atoms with Gasteiger partial charge in [0.05, 0.1) is 13.4 Å². The van der Waals surface area contributed by atoms with Crippen molar-refractivity contribution in [1.29, 1.82) is 0 Å². The van der Waals surface area contributed by atoms with E-state index < -0.39 is 0 Å². The Kier molecular flexibility index (Phi) is 6.16. The second kappa shape index (κ2) is 8.32. The van der Waals surface area contributed by atoms with Gasteiger partial charge >= 0.3 is 0 Å². The van der Waals surface area contributed by atoms with E-state index in [1.807, 2.05) is 19.1 Å². The zero-order valence-corrected chi connectivity index (χ0v) is 15.0. The second-order valence-corrected chi connectivity index (χ2v) is 5.75. The van der Waals surface area contributed by atoms with Crippen LogP contribution in [0.15, 0.2) is 29.3 Å². The van der Waals surface area contributed by atoms with Crippen LogP contribution >= 0.6 is 0 Å². The van der Waals surface area contributed by atoms with Crippen LogP contribution in [-0.4, -0.2) is 35.7 Å². The van der Waals surface area contributed by atoms with E-state index in [2.05, 4.69) is 10.3 Å².